The highest BCUT2D eigenvalue weighted by molar-refractivity contribution is 7.90. The monoisotopic (exact) mass is 325 g/mol. The summed E-state index contributed by atoms with van der Waals surface area (Å²) < 4.78 is 28.6. The Morgan fingerprint density at radius 3 is 2.38 bits per heavy atom. The zero-order valence-electron chi connectivity index (χ0n) is 11.8. The van der Waals surface area contributed by atoms with E-state index in [-0.39, 0.29) is 4.90 Å². The van der Waals surface area contributed by atoms with E-state index in [0.29, 0.717) is 23.1 Å². The summed E-state index contributed by atoms with van der Waals surface area (Å²) in [5.41, 5.74) is 0.928. The molecule has 0 aliphatic rings. The molecule has 0 aliphatic carbocycles. The lowest BCUT2D eigenvalue weighted by Crippen LogP contribution is -2.06. The molecule has 0 radical (unpaired) electrons. The van der Waals surface area contributed by atoms with Gasteiger partial charge in [0.25, 0.3) is 0 Å². The largest absolute Gasteiger partial charge is 0.457 e. The summed E-state index contributed by atoms with van der Waals surface area (Å²) in [5.74, 6) is 1.25. The normalized spacial score (nSPS) is 11.4. The molecule has 4 nitrogen and oxygen atoms in total. The average Bonchev–Trinajstić information content (AvgIpc) is 2.42. The van der Waals surface area contributed by atoms with Crippen LogP contribution in [0.2, 0.25) is 5.02 Å². The van der Waals surface area contributed by atoms with Crippen molar-refractivity contribution in [3.63, 3.8) is 0 Å². The number of benzene rings is 2. The van der Waals surface area contributed by atoms with Crippen molar-refractivity contribution in [3.05, 3.63) is 53.1 Å². The molecule has 0 heterocycles. The second-order valence-electron chi connectivity index (χ2n) is 4.63. The molecule has 0 bridgehead atoms. The van der Waals surface area contributed by atoms with Crippen molar-refractivity contribution in [3.8, 4) is 11.5 Å². The molecule has 0 spiro atoms. The summed E-state index contributed by atoms with van der Waals surface area (Å²) in [6, 6.07) is 11.7. The maximum absolute atomic E-state index is 11.4. The number of hydrogen-bond acceptors (Lipinski definition) is 4. The van der Waals surface area contributed by atoms with Crippen LogP contribution in [0.5, 0.6) is 11.5 Å². The summed E-state index contributed by atoms with van der Waals surface area (Å²) in [4.78, 5) is 0.265. The second kappa shape index (κ2) is 6.47. The molecule has 1 N–H and O–H groups in total. The van der Waals surface area contributed by atoms with Crippen molar-refractivity contribution in [2.24, 2.45) is 0 Å². The Labute approximate surface area is 129 Å². The Morgan fingerprint density at radius 1 is 1.14 bits per heavy atom. The third-order valence-corrected chi connectivity index (χ3v) is 4.23. The lowest BCUT2D eigenvalue weighted by atomic mass is 10.2. The molecule has 2 aromatic carbocycles. The summed E-state index contributed by atoms with van der Waals surface area (Å²) in [6.07, 6.45) is 1.17. The van der Waals surface area contributed by atoms with Gasteiger partial charge in [-0.25, -0.2) is 8.42 Å². The van der Waals surface area contributed by atoms with Gasteiger partial charge < -0.3 is 10.1 Å². The number of nitrogens with one attached hydrogen (secondary N) is 1. The molecule has 0 aliphatic heterocycles. The highest BCUT2D eigenvalue weighted by atomic mass is 35.5. The number of sulfone groups is 1. The summed E-state index contributed by atoms with van der Waals surface area (Å²) >= 11 is 5.98. The number of rotatable bonds is 5. The summed E-state index contributed by atoms with van der Waals surface area (Å²) in [7, 11) is -1.36. The van der Waals surface area contributed by atoms with Crippen LogP contribution in [0, 0.1) is 0 Å². The lowest BCUT2D eigenvalue weighted by molar-refractivity contribution is 0.474. The summed E-state index contributed by atoms with van der Waals surface area (Å²) in [6.45, 7) is 0.622. The van der Waals surface area contributed by atoms with E-state index < -0.39 is 9.84 Å². The van der Waals surface area contributed by atoms with Gasteiger partial charge in [0.2, 0.25) is 0 Å². The Morgan fingerprint density at radius 2 is 1.81 bits per heavy atom. The predicted molar refractivity (Wildman–Crippen MR) is 83.8 cm³/mol. The van der Waals surface area contributed by atoms with E-state index in [1.54, 1.807) is 24.3 Å². The van der Waals surface area contributed by atoms with Crippen molar-refractivity contribution >= 4 is 21.4 Å². The summed E-state index contributed by atoms with van der Waals surface area (Å²) in [5, 5.41) is 3.69. The third-order valence-electron chi connectivity index (χ3n) is 2.87. The molecule has 0 fully saturated rings. The van der Waals surface area contributed by atoms with Gasteiger partial charge >= 0.3 is 0 Å². The molecule has 0 saturated carbocycles. The highest BCUT2D eigenvalue weighted by Crippen LogP contribution is 2.28. The van der Waals surface area contributed by atoms with Gasteiger partial charge in [0, 0.05) is 23.4 Å². The topological polar surface area (TPSA) is 55.4 Å². The van der Waals surface area contributed by atoms with Gasteiger partial charge in [0.15, 0.2) is 9.84 Å². The van der Waals surface area contributed by atoms with Gasteiger partial charge in [-0.05, 0) is 49.5 Å². The van der Waals surface area contributed by atoms with Crippen LogP contribution in [0.4, 0.5) is 0 Å². The highest BCUT2D eigenvalue weighted by Gasteiger charge is 2.09. The van der Waals surface area contributed by atoms with E-state index in [9.17, 15) is 8.42 Å². The molecular formula is C15H16ClNO3S. The van der Waals surface area contributed by atoms with Crippen molar-refractivity contribution in [2.45, 2.75) is 11.4 Å². The maximum Gasteiger partial charge on any atom is 0.175 e. The molecule has 112 valence electrons. The van der Waals surface area contributed by atoms with Gasteiger partial charge in [0.05, 0.1) is 4.90 Å². The zero-order chi connectivity index (χ0) is 15.5. The van der Waals surface area contributed by atoms with E-state index in [4.69, 9.17) is 16.3 Å². The SMILES string of the molecule is CNCc1cc(Cl)ccc1Oc1ccc(S(C)(=O)=O)cc1. The molecule has 0 aromatic heterocycles. The molecule has 21 heavy (non-hydrogen) atoms. The van der Waals surface area contributed by atoms with Crippen LogP contribution in [0.1, 0.15) is 5.56 Å². The first-order valence-corrected chi connectivity index (χ1v) is 8.58. The van der Waals surface area contributed by atoms with Crippen molar-refractivity contribution in [2.75, 3.05) is 13.3 Å². The standard InChI is InChI=1S/C15H16ClNO3S/c1-17-10-11-9-12(16)3-8-15(11)20-13-4-6-14(7-5-13)21(2,18)19/h3-9,17H,10H2,1-2H3. The van der Waals surface area contributed by atoms with Gasteiger partial charge in [-0.15, -0.1) is 0 Å². The number of ether oxygens (including phenoxy) is 1. The van der Waals surface area contributed by atoms with Gasteiger partial charge in [-0.2, -0.15) is 0 Å². The predicted octanol–water partition coefficient (Wildman–Crippen LogP) is 3.26. The Bertz CT molecular complexity index is 727. The van der Waals surface area contributed by atoms with Gasteiger partial charge in [-0.1, -0.05) is 11.6 Å². The smallest absolute Gasteiger partial charge is 0.175 e. The van der Waals surface area contributed by atoms with Crippen LogP contribution < -0.4 is 10.1 Å². The van der Waals surface area contributed by atoms with Crippen molar-refractivity contribution < 1.29 is 13.2 Å². The maximum atomic E-state index is 11.4. The van der Waals surface area contributed by atoms with E-state index in [2.05, 4.69) is 5.32 Å². The molecule has 0 amide bonds. The number of halogens is 1. The Balaban J connectivity index is 2.26. The van der Waals surface area contributed by atoms with Gasteiger partial charge in [0.1, 0.15) is 11.5 Å². The molecule has 2 rings (SSSR count). The minimum Gasteiger partial charge on any atom is -0.457 e. The Kier molecular flexibility index (Phi) is 4.88. The minimum atomic E-state index is -3.20. The first-order valence-electron chi connectivity index (χ1n) is 6.31. The minimum absolute atomic E-state index is 0.265. The van der Waals surface area contributed by atoms with E-state index in [1.807, 2.05) is 13.1 Å². The molecule has 0 unspecified atom stereocenters. The molecule has 2 aromatic rings. The van der Waals surface area contributed by atoms with Crippen molar-refractivity contribution in [1.82, 2.24) is 5.32 Å². The molecule has 6 heteroatoms. The average molecular weight is 326 g/mol. The second-order valence-corrected chi connectivity index (χ2v) is 7.08. The quantitative estimate of drug-likeness (QED) is 0.916. The van der Waals surface area contributed by atoms with Crippen LogP contribution >= 0.6 is 11.6 Å². The lowest BCUT2D eigenvalue weighted by Gasteiger charge is -2.11. The Hall–Kier alpha value is -1.56. The molecular weight excluding hydrogens is 310 g/mol. The third kappa shape index (κ3) is 4.20. The fourth-order valence-corrected chi connectivity index (χ4v) is 2.68. The van der Waals surface area contributed by atoms with Crippen LogP contribution in [0.3, 0.4) is 0 Å². The first-order chi connectivity index (χ1) is 9.90. The van der Waals surface area contributed by atoms with E-state index >= 15 is 0 Å². The van der Waals surface area contributed by atoms with E-state index in [0.717, 1.165) is 5.56 Å². The first kappa shape index (κ1) is 15.8. The number of hydrogen-bond donors (Lipinski definition) is 1. The van der Waals surface area contributed by atoms with Crippen LogP contribution in [0.25, 0.3) is 0 Å². The molecule has 0 saturated heterocycles. The van der Waals surface area contributed by atoms with Crippen LogP contribution in [-0.4, -0.2) is 21.7 Å². The van der Waals surface area contributed by atoms with Crippen molar-refractivity contribution in [1.29, 1.82) is 0 Å². The van der Waals surface area contributed by atoms with E-state index in [1.165, 1.54) is 18.4 Å². The zero-order valence-corrected chi connectivity index (χ0v) is 13.3. The fraction of sp³-hybridized carbons (Fsp3) is 0.200. The molecule has 0 atom stereocenters. The van der Waals surface area contributed by atoms with Gasteiger partial charge in [-0.3, -0.25) is 0 Å². The fourth-order valence-electron chi connectivity index (χ4n) is 1.86. The van der Waals surface area contributed by atoms with Crippen LogP contribution in [-0.2, 0) is 16.4 Å². The van der Waals surface area contributed by atoms with Crippen LogP contribution in [0.15, 0.2) is 47.4 Å².